The number of fused-ring (bicyclic) bond motifs is 1. The number of H-pyrrole nitrogens is 1. The van der Waals surface area contributed by atoms with Crippen molar-refractivity contribution in [1.82, 2.24) is 15.3 Å². The van der Waals surface area contributed by atoms with Gasteiger partial charge in [-0.2, -0.15) is 0 Å². The smallest absolute Gasteiger partial charge is 0.225 e. The number of hydrogen-bond donors (Lipinski definition) is 2. The zero-order valence-corrected chi connectivity index (χ0v) is 14.2. The molecule has 2 aromatic heterocycles. The van der Waals surface area contributed by atoms with Crippen molar-refractivity contribution in [3.8, 4) is 0 Å². The monoisotopic (exact) mass is 327 g/mol. The van der Waals surface area contributed by atoms with Gasteiger partial charge in [-0.3, -0.25) is 4.79 Å². The van der Waals surface area contributed by atoms with Gasteiger partial charge < -0.3 is 10.3 Å². The fourth-order valence-electron chi connectivity index (χ4n) is 2.66. The number of amides is 1. The van der Waals surface area contributed by atoms with E-state index in [1.807, 2.05) is 41.8 Å². The Balaban J connectivity index is 1.78. The second-order valence-corrected chi connectivity index (χ2v) is 7.18. The maximum atomic E-state index is 12.3. The third-order valence-electron chi connectivity index (χ3n) is 3.69. The molecular weight excluding hydrogens is 306 g/mol. The van der Waals surface area contributed by atoms with Crippen molar-refractivity contribution in [3.63, 3.8) is 0 Å². The highest BCUT2D eigenvalue weighted by molar-refractivity contribution is 7.10. The number of para-hydroxylation sites is 2. The van der Waals surface area contributed by atoms with Crippen LogP contribution in [0.15, 0.2) is 41.8 Å². The Morgan fingerprint density at radius 1 is 1.26 bits per heavy atom. The minimum Gasteiger partial charge on any atom is -0.346 e. The quantitative estimate of drug-likeness (QED) is 0.717. The van der Waals surface area contributed by atoms with Crippen LogP contribution in [-0.4, -0.2) is 15.9 Å². The van der Waals surface area contributed by atoms with Crippen LogP contribution in [0.4, 0.5) is 0 Å². The SMILES string of the molecule is CC(C)C[C@@H](NC(=O)Cc1cccs1)c1nc2ccccc2[nH]1. The average molecular weight is 327 g/mol. The zero-order valence-electron chi connectivity index (χ0n) is 13.4. The predicted molar refractivity (Wildman–Crippen MR) is 94.5 cm³/mol. The zero-order chi connectivity index (χ0) is 16.2. The van der Waals surface area contributed by atoms with Crippen LogP contribution in [0.1, 0.15) is 37.0 Å². The molecule has 0 radical (unpaired) electrons. The lowest BCUT2D eigenvalue weighted by atomic mass is 10.0. The summed E-state index contributed by atoms with van der Waals surface area (Å²) >= 11 is 1.61. The molecule has 0 spiro atoms. The number of benzene rings is 1. The van der Waals surface area contributed by atoms with Crippen LogP contribution in [0.3, 0.4) is 0 Å². The normalized spacial score (nSPS) is 12.7. The fourth-order valence-corrected chi connectivity index (χ4v) is 3.37. The van der Waals surface area contributed by atoms with Gasteiger partial charge in [0.05, 0.1) is 23.5 Å². The van der Waals surface area contributed by atoms with Crippen molar-refractivity contribution in [2.45, 2.75) is 32.7 Å². The lowest BCUT2D eigenvalue weighted by Crippen LogP contribution is -2.31. The predicted octanol–water partition coefficient (Wildman–Crippen LogP) is 4.07. The second kappa shape index (κ2) is 6.96. The van der Waals surface area contributed by atoms with Gasteiger partial charge in [0.1, 0.15) is 5.82 Å². The number of carbonyl (C=O) groups excluding carboxylic acids is 1. The Hall–Kier alpha value is -2.14. The van der Waals surface area contributed by atoms with Gasteiger partial charge in [0, 0.05) is 4.88 Å². The van der Waals surface area contributed by atoms with Gasteiger partial charge in [-0.1, -0.05) is 32.0 Å². The molecule has 3 aromatic rings. The molecule has 1 amide bonds. The number of carbonyl (C=O) groups is 1. The van der Waals surface area contributed by atoms with Crippen molar-refractivity contribution in [2.75, 3.05) is 0 Å². The van der Waals surface area contributed by atoms with Crippen molar-refractivity contribution < 1.29 is 4.79 Å². The maximum Gasteiger partial charge on any atom is 0.225 e. The van der Waals surface area contributed by atoms with Gasteiger partial charge in [-0.15, -0.1) is 11.3 Å². The molecule has 1 atom stereocenters. The maximum absolute atomic E-state index is 12.3. The molecule has 4 nitrogen and oxygen atoms in total. The molecular formula is C18H21N3OS. The first kappa shape index (κ1) is 15.7. The standard InChI is InChI=1S/C18H21N3OS/c1-12(2)10-16(19-17(22)11-13-6-5-9-23-13)18-20-14-7-3-4-8-15(14)21-18/h3-9,12,16H,10-11H2,1-2H3,(H,19,22)(H,20,21)/t16-/m1/s1. The Kier molecular flexibility index (Phi) is 4.76. The summed E-state index contributed by atoms with van der Waals surface area (Å²) in [6.45, 7) is 4.31. The lowest BCUT2D eigenvalue weighted by molar-refractivity contribution is -0.121. The number of nitrogens with zero attached hydrogens (tertiary/aromatic N) is 1. The first-order chi connectivity index (χ1) is 11.1. The number of imidazole rings is 1. The van der Waals surface area contributed by atoms with Crippen LogP contribution in [-0.2, 0) is 11.2 Å². The Labute approximate surface area is 140 Å². The summed E-state index contributed by atoms with van der Waals surface area (Å²) in [5, 5.41) is 5.13. The molecule has 5 heteroatoms. The van der Waals surface area contributed by atoms with Gasteiger partial charge in [-0.25, -0.2) is 4.98 Å². The van der Waals surface area contributed by atoms with Gasteiger partial charge >= 0.3 is 0 Å². The fraction of sp³-hybridized carbons (Fsp3) is 0.333. The first-order valence-electron chi connectivity index (χ1n) is 7.88. The number of hydrogen-bond acceptors (Lipinski definition) is 3. The third kappa shape index (κ3) is 3.99. The summed E-state index contributed by atoms with van der Waals surface area (Å²) in [6.07, 6.45) is 1.28. The number of thiophene rings is 1. The summed E-state index contributed by atoms with van der Waals surface area (Å²) in [4.78, 5) is 21.4. The lowest BCUT2D eigenvalue weighted by Gasteiger charge is -2.18. The average Bonchev–Trinajstić information content (AvgIpc) is 3.14. The molecule has 0 aliphatic heterocycles. The largest absolute Gasteiger partial charge is 0.346 e. The number of rotatable bonds is 6. The molecule has 1 aromatic carbocycles. The summed E-state index contributed by atoms with van der Waals surface area (Å²) < 4.78 is 0. The molecule has 23 heavy (non-hydrogen) atoms. The van der Waals surface area contributed by atoms with Crippen LogP contribution in [0.2, 0.25) is 0 Å². The van der Waals surface area contributed by atoms with E-state index in [0.29, 0.717) is 12.3 Å². The highest BCUT2D eigenvalue weighted by atomic mass is 32.1. The molecule has 0 unspecified atom stereocenters. The minimum absolute atomic E-state index is 0.0403. The van der Waals surface area contributed by atoms with E-state index in [9.17, 15) is 4.79 Å². The molecule has 0 aliphatic carbocycles. The van der Waals surface area contributed by atoms with Gasteiger partial charge in [0.25, 0.3) is 0 Å². The Morgan fingerprint density at radius 2 is 2.09 bits per heavy atom. The molecule has 0 saturated heterocycles. The molecule has 120 valence electrons. The molecule has 0 bridgehead atoms. The van der Waals surface area contributed by atoms with Crippen LogP contribution in [0.5, 0.6) is 0 Å². The van der Waals surface area contributed by atoms with Crippen molar-refractivity contribution in [3.05, 3.63) is 52.5 Å². The van der Waals surface area contributed by atoms with Crippen molar-refractivity contribution in [2.24, 2.45) is 5.92 Å². The second-order valence-electron chi connectivity index (χ2n) is 6.14. The molecule has 0 saturated carbocycles. The van der Waals surface area contributed by atoms with E-state index in [1.165, 1.54) is 0 Å². The van der Waals surface area contributed by atoms with Crippen LogP contribution in [0.25, 0.3) is 11.0 Å². The summed E-state index contributed by atoms with van der Waals surface area (Å²) in [7, 11) is 0. The van der Waals surface area contributed by atoms with Gasteiger partial charge in [-0.05, 0) is 35.9 Å². The van der Waals surface area contributed by atoms with Crippen molar-refractivity contribution >= 4 is 28.3 Å². The number of aromatic amines is 1. The minimum atomic E-state index is -0.0881. The van der Waals surface area contributed by atoms with Gasteiger partial charge in [0.15, 0.2) is 0 Å². The molecule has 2 heterocycles. The van der Waals surface area contributed by atoms with E-state index < -0.39 is 0 Å². The van der Waals surface area contributed by atoms with E-state index in [2.05, 4.69) is 29.1 Å². The van der Waals surface area contributed by atoms with E-state index in [4.69, 9.17) is 0 Å². The topological polar surface area (TPSA) is 57.8 Å². The molecule has 2 N–H and O–H groups in total. The van der Waals surface area contributed by atoms with Crippen molar-refractivity contribution in [1.29, 1.82) is 0 Å². The van der Waals surface area contributed by atoms with Crippen LogP contribution < -0.4 is 5.32 Å². The Bertz CT molecular complexity index is 744. The van der Waals surface area contributed by atoms with E-state index in [1.54, 1.807) is 11.3 Å². The van der Waals surface area contributed by atoms with E-state index >= 15 is 0 Å². The van der Waals surface area contributed by atoms with E-state index in [0.717, 1.165) is 28.2 Å². The highest BCUT2D eigenvalue weighted by Gasteiger charge is 2.20. The summed E-state index contributed by atoms with van der Waals surface area (Å²) in [5.74, 6) is 1.34. The Morgan fingerprint density at radius 3 is 2.78 bits per heavy atom. The number of aromatic nitrogens is 2. The third-order valence-corrected chi connectivity index (χ3v) is 4.57. The molecule has 0 fully saturated rings. The number of nitrogens with one attached hydrogen (secondary N) is 2. The van der Waals surface area contributed by atoms with E-state index in [-0.39, 0.29) is 11.9 Å². The van der Waals surface area contributed by atoms with Gasteiger partial charge in [0.2, 0.25) is 5.91 Å². The highest BCUT2D eigenvalue weighted by Crippen LogP contribution is 2.22. The molecule has 0 aliphatic rings. The van der Waals surface area contributed by atoms with Crippen LogP contribution in [0, 0.1) is 5.92 Å². The first-order valence-corrected chi connectivity index (χ1v) is 8.76. The summed E-state index contributed by atoms with van der Waals surface area (Å²) in [6, 6.07) is 11.8. The summed E-state index contributed by atoms with van der Waals surface area (Å²) in [5.41, 5.74) is 1.94. The van der Waals surface area contributed by atoms with Crippen LogP contribution >= 0.6 is 11.3 Å². The molecule has 3 rings (SSSR count).